The quantitative estimate of drug-likeness (QED) is 0.896. The fraction of sp³-hybridized carbons (Fsp3) is 0.368. The molecule has 3 heteroatoms. The minimum absolute atomic E-state index is 0.262. The number of halogens is 1. The Kier molecular flexibility index (Phi) is 4.44. The Hall–Kier alpha value is -1.87. The van der Waals surface area contributed by atoms with Gasteiger partial charge in [-0.1, -0.05) is 30.3 Å². The van der Waals surface area contributed by atoms with Crippen LogP contribution in [0.4, 0.5) is 10.1 Å². The first kappa shape index (κ1) is 15.0. The van der Waals surface area contributed by atoms with Crippen LogP contribution >= 0.6 is 0 Å². The van der Waals surface area contributed by atoms with Crippen LogP contribution in [0.2, 0.25) is 0 Å². The lowest BCUT2D eigenvalue weighted by atomic mass is 9.84. The van der Waals surface area contributed by atoms with Gasteiger partial charge in [0.05, 0.1) is 6.10 Å². The minimum Gasteiger partial charge on any atom is -0.388 e. The highest BCUT2D eigenvalue weighted by Crippen LogP contribution is 2.35. The lowest BCUT2D eigenvalue weighted by molar-refractivity contribution is 0.146. The average molecular weight is 299 g/mol. The van der Waals surface area contributed by atoms with Gasteiger partial charge in [-0.2, -0.15) is 0 Å². The molecule has 1 aliphatic heterocycles. The third-order valence-electron chi connectivity index (χ3n) is 4.76. The monoisotopic (exact) mass is 299 g/mol. The summed E-state index contributed by atoms with van der Waals surface area (Å²) in [5, 5.41) is 10.2. The number of aliphatic hydroxyl groups excluding tert-OH is 1. The Bertz CT molecular complexity index is 599. The molecule has 3 unspecified atom stereocenters. The zero-order valence-electron chi connectivity index (χ0n) is 12.8. The van der Waals surface area contributed by atoms with Crippen molar-refractivity contribution in [3.05, 3.63) is 66.0 Å². The maximum absolute atomic E-state index is 12.9. The second kappa shape index (κ2) is 6.49. The first-order chi connectivity index (χ1) is 10.6. The Morgan fingerprint density at radius 2 is 1.82 bits per heavy atom. The van der Waals surface area contributed by atoms with Crippen LogP contribution in [-0.4, -0.2) is 17.7 Å². The number of para-hydroxylation sites is 1. The first-order valence-corrected chi connectivity index (χ1v) is 7.90. The minimum atomic E-state index is -0.501. The summed E-state index contributed by atoms with van der Waals surface area (Å²) in [4.78, 5) is 2.40. The van der Waals surface area contributed by atoms with Gasteiger partial charge < -0.3 is 10.0 Å². The topological polar surface area (TPSA) is 23.5 Å². The van der Waals surface area contributed by atoms with E-state index >= 15 is 0 Å². The van der Waals surface area contributed by atoms with Crippen molar-refractivity contribution in [2.45, 2.75) is 31.9 Å². The van der Waals surface area contributed by atoms with Crippen LogP contribution in [-0.2, 0) is 0 Å². The van der Waals surface area contributed by atoms with Crippen LogP contribution < -0.4 is 4.90 Å². The molecule has 2 aromatic rings. The molecule has 0 amide bonds. The Balaban J connectivity index is 1.50. The van der Waals surface area contributed by atoms with Crippen molar-refractivity contribution in [3.8, 4) is 0 Å². The molecule has 22 heavy (non-hydrogen) atoms. The van der Waals surface area contributed by atoms with E-state index in [0.29, 0.717) is 12.0 Å². The molecule has 116 valence electrons. The van der Waals surface area contributed by atoms with E-state index in [1.165, 1.54) is 17.8 Å². The molecule has 1 aliphatic rings. The summed E-state index contributed by atoms with van der Waals surface area (Å²) in [7, 11) is 0. The van der Waals surface area contributed by atoms with Crippen molar-refractivity contribution in [3.63, 3.8) is 0 Å². The molecule has 0 aliphatic carbocycles. The van der Waals surface area contributed by atoms with Crippen molar-refractivity contribution in [2.24, 2.45) is 5.92 Å². The molecule has 1 saturated heterocycles. The van der Waals surface area contributed by atoms with Gasteiger partial charge in [-0.15, -0.1) is 0 Å². The molecule has 3 atom stereocenters. The normalized spacial score (nSPS) is 22.2. The number of nitrogens with zero attached hydrogens (tertiary/aromatic N) is 1. The van der Waals surface area contributed by atoms with E-state index in [4.69, 9.17) is 0 Å². The SMILES string of the molecule is CC1C(CCC(O)c2ccc(F)cc2)CN1c1ccccc1. The van der Waals surface area contributed by atoms with Crippen molar-refractivity contribution < 1.29 is 9.50 Å². The molecule has 2 nitrogen and oxygen atoms in total. The summed E-state index contributed by atoms with van der Waals surface area (Å²) >= 11 is 0. The van der Waals surface area contributed by atoms with Crippen LogP contribution in [0.25, 0.3) is 0 Å². The Morgan fingerprint density at radius 3 is 2.45 bits per heavy atom. The van der Waals surface area contributed by atoms with Crippen LogP contribution in [0.1, 0.15) is 31.4 Å². The van der Waals surface area contributed by atoms with Crippen molar-refractivity contribution in [1.29, 1.82) is 0 Å². The van der Waals surface area contributed by atoms with E-state index in [1.54, 1.807) is 12.1 Å². The summed E-state index contributed by atoms with van der Waals surface area (Å²) in [6.45, 7) is 3.28. The van der Waals surface area contributed by atoms with Gasteiger partial charge in [0.2, 0.25) is 0 Å². The number of benzene rings is 2. The van der Waals surface area contributed by atoms with Gasteiger partial charge >= 0.3 is 0 Å². The molecule has 0 bridgehead atoms. The number of aliphatic hydroxyl groups is 1. The fourth-order valence-electron chi connectivity index (χ4n) is 3.20. The molecular formula is C19H22FNO. The van der Waals surface area contributed by atoms with Crippen LogP contribution in [0.5, 0.6) is 0 Å². The van der Waals surface area contributed by atoms with Crippen molar-refractivity contribution >= 4 is 5.69 Å². The van der Waals surface area contributed by atoms with Gasteiger partial charge in [-0.25, -0.2) is 4.39 Å². The smallest absolute Gasteiger partial charge is 0.123 e. The number of hydrogen-bond donors (Lipinski definition) is 1. The average Bonchev–Trinajstić information content (AvgIpc) is 2.55. The van der Waals surface area contributed by atoms with E-state index in [2.05, 4.69) is 36.1 Å². The Morgan fingerprint density at radius 1 is 1.14 bits per heavy atom. The van der Waals surface area contributed by atoms with Crippen LogP contribution in [0.3, 0.4) is 0 Å². The highest BCUT2D eigenvalue weighted by Gasteiger charge is 2.35. The summed E-state index contributed by atoms with van der Waals surface area (Å²) < 4.78 is 12.9. The number of rotatable bonds is 5. The van der Waals surface area contributed by atoms with E-state index in [-0.39, 0.29) is 5.82 Å². The van der Waals surface area contributed by atoms with E-state index in [0.717, 1.165) is 24.9 Å². The van der Waals surface area contributed by atoms with E-state index < -0.39 is 6.10 Å². The van der Waals surface area contributed by atoms with Gasteiger partial charge in [0.1, 0.15) is 5.82 Å². The third-order valence-corrected chi connectivity index (χ3v) is 4.76. The van der Waals surface area contributed by atoms with Crippen LogP contribution in [0, 0.1) is 11.7 Å². The fourth-order valence-corrected chi connectivity index (χ4v) is 3.20. The largest absolute Gasteiger partial charge is 0.388 e. The van der Waals surface area contributed by atoms with Gasteiger partial charge in [0.15, 0.2) is 0 Å². The molecule has 3 rings (SSSR count). The maximum Gasteiger partial charge on any atom is 0.123 e. The number of anilines is 1. The summed E-state index contributed by atoms with van der Waals surface area (Å²) in [5.74, 6) is 0.345. The van der Waals surface area contributed by atoms with Gasteiger partial charge in [0.25, 0.3) is 0 Å². The van der Waals surface area contributed by atoms with Gasteiger partial charge in [0, 0.05) is 18.3 Å². The molecule has 0 saturated carbocycles. The predicted octanol–water partition coefficient (Wildman–Crippen LogP) is 4.16. The van der Waals surface area contributed by atoms with Crippen LogP contribution in [0.15, 0.2) is 54.6 Å². The second-order valence-corrected chi connectivity index (χ2v) is 6.13. The lowest BCUT2D eigenvalue weighted by Gasteiger charge is -2.48. The van der Waals surface area contributed by atoms with Crippen molar-refractivity contribution in [1.82, 2.24) is 0 Å². The van der Waals surface area contributed by atoms with Crippen molar-refractivity contribution in [2.75, 3.05) is 11.4 Å². The zero-order chi connectivity index (χ0) is 15.5. The maximum atomic E-state index is 12.9. The highest BCUT2D eigenvalue weighted by molar-refractivity contribution is 5.49. The number of hydrogen-bond acceptors (Lipinski definition) is 2. The summed E-state index contributed by atoms with van der Waals surface area (Å²) in [6.07, 6.45) is 1.21. The predicted molar refractivity (Wildman–Crippen MR) is 87.3 cm³/mol. The van der Waals surface area contributed by atoms with Gasteiger partial charge in [-0.05, 0) is 55.5 Å². The molecule has 0 radical (unpaired) electrons. The molecule has 1 fully saturated rings. The molecule has 0 spiro atoms. The summed E-state index contributed by atoms with van der Waals surface area (Å²) in [5.41, 5.74) is 2.07. The van der Waals surface area contributed by atoms with E-state index in [1.807, 2.05) is 6.07 Å². The second-order valence-electron chi connectivity index (χ2n) is 6.13. The summed E-state index contributed by atoms with van der Waals surface area (Å²) in [6, 6.07) is 17.1. The van der Waals surface area contributed by atoms with E-state index in [9.17, 15) is 9.50 Å². The standard InChI is InChI=1S/C19H22FNO/c1-14-16(13-21(14)18-5-3-2-4-6-18)9-12-19(22)15-7-10-17(20)11-8-15/h2-8,10-11,14,16,19,22H,9,12-13H2,1H3. The Labute approximate surface area is 131 Å². The first-order valence-electron chi connectivity index (χ1n) is 7.90. The van der Waals surface area contributed by atoms with Gasteiger partial charge in [-0.3, -0.25) is 0 Å². The molecule has 1 N–H and O–H groups in total. The molecule has 2 aromatic carbocycles. The molecule has 1 heterocycles. The zero-order valence-corrected chi connectivity index (χ0v) is 12.8. The molecular weight excluding hydrogens is 277 g/mol. The highest BCUT2D eigenvalue weighted by atomic mass is 19.1. The lowest BCUT2D eigenvalue weighted by Crippen LogP contribution is -2.54. The third kappa shape index (κ3) is 3.14. The molecule has 0 aromatic heterocycles.